The van der Waals surface area contributed by atoms with Crippen LogP contribution in [0.15, 0.2) is 30.6 Å². The Kier molecular flexibility index (Phi) is 5.26. The number of phenols is 1. The fourth-order valence-corrected chi connectivity index (χ4v) is 3.41. The van der Waals surface area contributed by atoms with Crippen LogP contribution >= 0.6 is 0 Å². The maximum atomic E-state index is 12.3. The van der Waals surface area contributed by atoms with Gasteiger partial charge in [0.25, 0.3) is 0 Å². The SMILES string of the molecule is CC(C)Cn1ccnc1CNC(=O)N[C@H]1CCCc2c(O)cccc21. The smallest absolute Gasteiger partial charge is 0.315 e. The number of hydrogen-bond acceptors (Lipinski definition) is 3. The lowest BCUT2D eigenvalue weighted by Gasteiger charge is -2.27. The van der Waals surface area contributed by atoms with Crippen LogP contribution in [0.5, 0.6) is 5.75 Å². The van der Waals surface area contributed by atoms with Gasteiger partial charge in [-0.15, -0.1) is 0 Å². The van der Waals surface area contributed by atoms with E-state index < -0.39 is 0 Å². The number of phenolic OH excluding ortho intramolecular Hbond substituents is 1. The maximum absolute atomic E-state index is 12.3. The van der Waals surface area contributed by atoms with Gasteiger partial charge in [0.15, 0.2) is 0 Å². The third-order valence-electron chi connectivity index (χ3n) is 4.56. The summed E-state index contributed by atoms with van der Waals surface area (Å²) in [5, 5.41) is 15.9. The van der Waals surface area contributed by atoms with E-state index in [2.05, 4.69) is 34.0 Å². The third-order valence-corrected chi connectivity index (χ3v) is 4.56. The van der Waals surface area contributed by atoms with Crippen LogP contribution in [0, 0.1) is 5.92 Å². The van der Waals surface area contributed by atoms with Crippen LogP contribution in [-0.2, 0) is 19.5 Å². The number of benzene rings is 1. The Hall–Kier alpha value is -2.50. The summed E-state index contributed by atoms with van der Waals surface area (Å²) in [5.74, 6) is 1.69. The quantitative estimate of drug-likeness (QED) is 0.781. The number of rotatable bonds is 5. The van der Waals surface area contributed by atoms with Gasteiger partial charge in [-0.05, 0) is 42.4 Å². The van der Waals surface area contributed by atoms with Crippen molar-refractivity contribution >= 4 is 6.03 Å². The lowest BCUT2D eigenvalue weighted by atomic mass is 9.87. The molecule has 0 saturated heterocycles. The molecule has 6 nitrogen and oxygen atoms in total. The van der Waals surface area contributed by atoms with Crippen LogP contribution in [0.3, 0.4) is 0 Å². The zero-order chi connectivity index (χ0) is 17.8. The van der Waals surface area contributed by atoms with E-state index in [-0.39, 0.29) is 12.1 Å². The van der Waals surface area contributed by atoms with Crippen LogP contribution in [0.4, 0.5) is 4.79 Å². The lowest BCUT2D eigenvalue weighted by molar-refractivity contribution is 0.234. The molecule has 0 fully saturated rings. The summed E-state index contributed by atoms with van der Waals surface area (Å²) in [4.78, 5) is 16.6. The molecule has 3 rings (SSSR count). The number of amides is 2. The van der Waals surface area contributed by atoms with Crippen molar-refractivity contribution in [2.75, 3.05) is 0 Å². The van der Waals surface area contributed by atoms with Crippen molar-refractivity contribution in [2.45, 2.75) is 52.2 Å². The molecule has 6 heteroatoms. The van der Waals surface area contributed by atoms with E-state index in [9.17, 15) is 9.90 Å². The van der Waals surface area contributed by atoms with Gasteiger partial charge in [-0.2, -0.15) is 0 Å². The van der Waals surface area contributed by atoms with Gasteiger partial charge in [-0.3, -0.25) is 0 Å². The lowest BCUT2D eigenvalue weighted by Crippen LogP contribution is -2.39. The fraction of sp³-hybridized carbons (Fsp3) is 0.474. The van der Waals surface area contributed by atoms with Crippen molar-refractivity contribution in [3.8, 4) is 5.75 Å². The molecule has 1 aromatic carbocycles. The summed E-state index contributed by atoms with van der Waals surface area (Å²) < 4.78 is 2.07. The number of nitrogens with one attached hydrogen (secondary N) is 2. The second-order valence-electron chi connectivity index (χ2n) is 7.01. The van der Waals surface area contributed by atoms with Crippen molar-refractivity contribution < 1.29 is 9.90 Å². The van der Waals surface area contributed by atoms with Crippen LogP contribution in [0.1, 0.15) is 49.7 Å². The average Bonchev–Trinajstić information content (AvgIpc) is 3.00. The van der Waals surface area contributed by atoms with Crippen molar-refractivity contribution in [3.05, 3.63) is 47.5 Å². The standard InChI is InChI=1S/C19H26N4O2/c1-13(2)12-23-10-9-20-18(23)11-21-19(25)22-16-7-3-6-15-14(16)5-4-8-17(15)24/h4-5,8-10,13,16,24H,3,6-7,11-12H2,1-2H3,(H2,21,22,25)/t16-/m0/s1. The molecule has 0 radical (unpaired) electrons. The molecule has 0 bridgehead atoms. The molecule has 2 aromatic rings. The molecular formula is C19H26N4O2. The summed E-state index contributed by atoms with van der Waals surface area (Å²) in [6.07, 6.45) is 6.39. The van der Waals surface area contributed by atoms with Gasteiger partial charge < -0.3 is 20.3 Å². The Balaban J connectivity index is 1.59. The Bertz CT molecular complexity index is 739. The monoisotopic (exact) mass is 342 g/mol. The van der Waals surface area contributed by atoms with E-state index in [1.165, 1.54) is 0 Å². The van der Waals surface area contributed by atoms with Crippen LogP contribution in [0.25, 0.3) is 0 Å². The molecule has 134 valence electrons. The normalized spacial score (nSPS) is 16.5. The Morgan fingerprint density at radius 2 is 2.28 bits per heavy atom. The highest BCUT2D eigenvalue weighted by Gasteiger charge is 2.23. The van der Waals surface area contributed by atoms with Crippen LogP contribution in [0.2, 0.25) is 0 Å². The minimum atomic E-state index is -0.208. The van der Waals surface area contributed by atoms with Gasteiger partial charge in [0.1, 0.15) is 11.6 Å². The van der Waals surface area contributed by atoms with Gasteiger partial charge in [-0.1, -0.05) is 26.0 Å². The molecule has 3 N–H and O–H groups in total. The number of urea groups is 1. The first-order chi connectivity index (χ1) is 12.0. The summed E-state index contributed by atoms with van der Waals surface area (Å²) in [5.41, 5.74) is 1.97. The summed E-state index contributed by atoms with van der Waals surface area (Å²) in [6.45, 7) is 5.58. The van der Waals surface area contributed by atoms with Gasteiger partial charge >= 0.3 is 6.03 Å². The van der Waals surface area contributed by atoms with Crippen LogP contribution < -0.4 is 10.6 Å². The minimum Gasteiger partial charge on any atom is -0.508 e. The highest BCUT2D eigenvalue weighted by atomic mass is 16.3. The van der Waals surface area contributed by atoms with Crippen molar-refractivity contribution in [1.29, 1.82) is 0 Å². The molecule has 1 aromatic heterocycles. The van der Waals surface area contributed by atoms with E-state index in [0.717, 1.165) is 42.8 Å². The third kappa shape index (κ3) is 4.13. The van der Waals surface area contributed by atoms with Crippen molar-refractivity contribution in [3.63, 3.8) is 0 Å². The highest BCUT2D eigenvalue weighted by molar-refractivity contribution is 5.74. The predicted octanol–water partition coefficient (Wildman–Crippen LogP) is 3.12. The Morgan fingerprint density at radius 3 is 3.08 bits per heavy atom. The summed E-state index contributed by atoms with van der Waals surface area (Å²) in [7, 11) is 0. The van der Waals surface area contributed by atoms with Gasteiger partial charge in [0.2, 0.25) is 0 Å². The number of aromatic nitrogens is 2. The molecule has 1 aliphatic rings. The topological polar surface area (TPSA) is 79.2 Å². The zero-order valence-electron chi connectivity index (χ0n) is 14.8. The van der Waals surface area contributed by atoms with Crippen LogP contribution in [-0.4, -0.2) is 20.7 Å². The van der Waals surface area contributed by atoms with E-state index in [1.807, 2.05) is 18.3 Å². The second-order valence-corrected chi connectivity index (χ2v) is 7.01. The predicted molar refractivity (Wildman–Crippen MR) is 96.2 cm³/mol. The highest BCUT2D eigenvalue weighted by Crippen LogP contribution is 2.34. The Morgan fingerprint density at radius 1 is 1.44 bits per heavy atom. The largest absolute Gasteiger partial charge is 0.508 e. The zero-order valence-corrected chi connectivity index (χ0v) is 14.8. The molecule has 1 atom stereocenters. The van der Waals surface area contributed by atoms with Crippen molar-refractivity contribution in [2.24, 2.45) is 5.92 Å². The molecule has 0 saturated carbocycles. The summed E-state index contributed by atoms with van der Waals surface area (Å²) >= 11 is 0. The number of hydrogen-bond donors (Lipinski definition) is 3. The number of aromatic hydroxyl groups is 1. The second kappa shape index (κ2) is 7.59. The fourth-order valence-electron chi connectivity index (χ4n) is 3.41. The van der Waals surface area contributed by atoms with E-state index in [4.69, 9.17) is 0 Å². The molecule has 1 aliphatic carbocycles. The maximum Gasteiger partial charge on any atom is 0.315 e. The molecular weight excluding hydrogens is 316 g/mol. The first kappa shape index (κ1) is 17.3. The number of imidazole rings is 1. The first-order valence-corrected chi connectivity index (χ1v) is 8.89. The van der Waals surface area contributed by atoms with Gasteiger partial charge in [0.05, 0.1) is 12.6 Å². The molecule has 2 amide bonds. The first-order valence-electron chi connectivity index (χ1n) is 8.89. The van der Waals surface area contributed by atoms with E-state index >= 15 is 0 Å². The van der Waals surface area contributed by atoms with Gasteiger partial charge in [-0.25, -0.2) is 9.78 Å². The molecule has 1 heterocycles. The molecule has 0 unspecified atom stereocenters. The average molecular weight is 342 g/mol. The number of nitrogens with zero attached hydrogens (tertiary/aromatic N) is 2. The van der Waals surface area contributed by atoms with Crippen molar-refractivity contribution in [1.82, 2.24) is 20.2 Å². The minimum absolute atomic E-state index is 0.0636. The molecule has 0 aliphatic heterocycles. The Labute approximate surface area is 148 Å². The molecule has 25 heavy (non-hydrogen) atoms. The van der Waals surface area contributed by atoms with Gasteiger partial charge in [0, 0.05) is 18.9 Å². The van der Waals surface area contributed by atoms with E-state index in [0.29, 0.717) is 18.2 Å². The number of fused-ring (bicyclic) bond motifs is 1. The number of carbonyl (C=O) groups is 1. The number of carbonyl (C=O) groups excluding carboxylic acids is 1. The van der Waals surface area contributed by atoms with E-state index in [1.54, 1.807) is 12.3 Å². The summed E-state index contributed by atoms with van der Waals surface area (Å²) in [6, 6.07) is 5.24. The molecule has 0 spiro atoms.